The topological polar surface area (TPSA) is 83.5 Å². The molecule has 0 unspecified atom stereocenters. The summed E-state index contributed by atoms with van der Waals surface area (Å²) < 4.78 is 0.712. The molecule has 138 valence electrons. The molecule has 2 aromatic carbocycles. The van der Waals surface area contributed by atoms with E-state index in [2.05, 4.69) is 21.2 Å². The van der Waals surface area contributed by atoms with Gasteiger partial charge in [-0.2, -0.15) is 0 Å². The first-order valence-corrected chi connectivity index (χ1v) is 9.34. The molecular formula is C21H18BrNO4. The minimum absolute atomic E-state index is 0.217. The molecule has 0 bridgehead atoms. The van der Waals surface area contributed by atoms with Crippen LogP contribution in [0.4, 0.5) is 5.69 Å². The number of carbonyl (C=O) groups excluding carboxylic acids is 2. The molecular weight excluding hydrogens is 410 g/mol. The molecule has 2 N–H and O–H groups in total. The number of carbonyl (C=O) groups is 3. The van der Waals surface area contributed by atoms with Gasteiger partial charge in [-0.3, -0.25) is 14.4 Å². The van der Waals surface area contributed by atoms with Crippen LogP contribution in [0.3, 0.4) is 0 Å². The molecule has 27 heavy (non-hydrogen) atoms. The van der Waals surface area contributed by atoms with Gasteiger partial charge in [-0.15, -0.1) is 0 Å². The van der Waals surface area contributed by atoms with Crippen LogP contribution in [-0.4, -0.2) is 22.8 Å². The Hall–Kier alpha value is -2.73. The number of benzene rings is 2. The van der Waals surface area contributed by atoms with Gasteiger partial charge in [-0.05, 0) is 31.0 Å². The highest BCUT2D eigenvalue weighted by molar-refractivity contribution is 9.10. The molecule has 0 fully saturated rings. The molecule has 2 aromatic rings. The van der Waals surface area contributed by atoms with E-state index in [1.807, 2.05) is 12.1 Å². The third kappa shape index (κ3) is 4.34. The van der Waals surface area contributed by atoms with E-state index in [1.165, 1.54) is 0 Å². The Kier molecular flexibility index (Phi) is 5.86. The molecule has 0 saturated carbocycles. The van der Waals surface area contributed by atoms with Crippen LogP contribution in [0.1, 0.15) is 28.8 Å². The number of amides is 1. The van der Waals surface area contributed by atoms with Crippen LogP contribution in [0.15, 0.2) is 65.2 Å². The van der Waals surface area contributed by atoms with Gasteiger partial charge in [0.25, 0.3) is 0 Å². The number of aliphatic carboxylic acids is 1. The number of hydrogen-bond donors (Lipinski definition) is 2. The summed E-state index contributed by atoms with van der Waals surface area (Å²) >= 11 is 3.36. The minimum atomic E-state index is -0.990. The second-order valence-corrected chi connectivity index (χ2v) is 7.28. The zero-order valence-electron chi connectivity index (χ0n) is 14.4. The maximum atomic E-state index is 12.9. The normalized spacial score (nSPS) is 18.7. The van der Waals surface area contributed by atoms with Gasteiger partial charge in [0.05, 0.1) is 17.5 Å². The number of ketones is 1. The summed E-state index contributed by atoms with van der Waals surface area (Å²) in [5.41, 5.74) is 1.23. The third-order valence-electron chi connectivity index (χ3n) is 4.61. The molecule has 0 heterocycles. The van der Waals surface area contributed by atoms with Crippen LogP contribution in [0.2, 0.25) is 0 Å². The van der Waals surface area contributed by atoms with E-state index in [0.717, 1.165) is 0 Å². The lowest BCUT2D eigenvalue weighted by molar-refractivity contribution is -0.146. The van der Waals surface area contributed by atoms with Gasteiger partial charge in [0.1, 0.15) is 0 Å². The molecule has 1 aliphatic rings. The summed E-state index contributed by atoms with van der Waals surface area (Å²) in [5.74, 6) is -3.04. The molecule has 0 saturated heterocycles. The van der Waals surface area contributed by atoms with Gasteiger partial charge >= 0.3 is 5.97 Å². The molecule has 0 aromatic heterocycles. The summed E-state index contributed by atoms with van der Waals surface area (Å²) in [7, 11) is 0. The summed E-state index contributed by atoms with van der Waals surface area (Å²) in [6.07, 6.45) is 4.29. The third-order valence-corrected chi connectivity index (χ3v) is 5.10. The highest BCUT2D eigenvalue weighted by atomic mass is 79.9. The first-order valence-electron chi connectivity index (χ1n) is 8.55. The highest BCUT2D eigenvalue weighted by Gasteiger charge is 2.34. The van der Waals surface area contributed by atoms with Crippen LogP contribution in [0.5, 0.6) is 0 Å². The van der Waals surface area contributed by atoms with Crippen molar-refractivity contribution < 1.29 is 19.5 Å². The molecule has 6 heteroatoms. The Bertz CT molecular complexity index is 908. The van der Waals surface area contributed by atoms with E-state index < -0.39 is 23.7 Å². The Morgan fingerprint density at radius 2 is 1.63 bits per heavy atom. The van der Waals surface area contributed by atoms with Crippen molar-refractivity contribution in [3.63, 3.8) is 0 Å². The van der Waals surface area contributed by atoms with Gasteiger partial charge in [0.2, 0.25) is 5.91 Å². The minimum Gasteiger partial charge on any atom is -0.481 e. The molecule has 3 rings (SSSR count). The van der Waals surface area contributed by atoms with Crippen LogP contribution < -0.4 is 5.32 Å². The number of halogens is 1. The van der Waals surface area contributed by atoms with Crippen molar-refractivity contribution in [2.24, 2.45) is 11.8 Å². The first-order chi connectivity index (χ1) is 13.0. The molecule has 0 spiro atoms. The second-order valence-electron chi connectivity index (χ2n) is 6.37. The smallest absolute Gasteiger partial charge is 0.307 e. The monoisotopic (exact) mass is 427 g/mol. The maximum absolute atomic E-state index is 12.9. The summed E-state index contributed by atoms with van der Waals surface area (Å²) in [6, 6.07) is 13.8. The largest absolute Gasteiger partial charge is 0.481 e. The van der Waals surface area contributed by atoms with E-state index in [0.29, 0.717) is 34.1 Å². The van der Waals surface area contributed by atoms with Gasteiger partial charge in [0, 0.05) is 15.6 Å². The Balaban J connectivity index is 1.89. The number of nitrogens with one attached hydrogen (secondary N) is 1. The van der Waals surface area contributed by atoms with Crippen molar-refractivity contribution in [1.29, 1.82) is 0 Å². The van der Waals surface area contributed by atoms with Crippen LogP contribution in [0, 0.1) is 11.8 Å². The fourth-order valence-electron chi connectivity index (χ4n) is 3.16. The number of hydrogen-bond acceptors (Lipinski definition) is 3. The van der Waals surface area contributed by atoms with E-state index in [4.69, 9.17) is 0 Å². The zero-order valence-corrected chi connectivity index (χ0v) is 16.0. The maximum Gasteiger partial charge on any atom is 0.307 e. The van der Waals surface area contributed by atoms with Crippen molar-refractivity contribution in [3.8, 4) is 0 Å². The SMILES string of the molecule is O=C(c1ccccc1)c1cc(Br)ccc1NC(=O)[C@@H]1CC=CC[C@H]1C(=O)O. The van der Waals surface area contributed by atoms with E-state index >= 15 is 0 Å². The quantitative estimate of drug-likeness (QED) is 0.550. The molecule has 2 atom stereocenters. The van der Waals surface area contributed by atoms with Gasteiger partial charge in [-0.1, -0.05) is 58.4 Å². The van der Waals surface area contributed by atoms with Crippen LogP contribution >= 0.6 is 15.9 Å². The lowest BCUT2D eigenvalue weighted by Gasteiger charge is -2.24. The van der Waals surface area contributed by atoms with Crippen LogP contribution in [-0.2, 0) is 9.59 Å². The number of carboxylic acid groups (broad SMARTS) is 1. The average molecular weight is 428 g/mol. The Morgan fingerprint density at radius 1 is 0.963 bits per heavy atom. The van der Waals surface area contributed by atoms with Crippen molar-refractivity contribution >= 4 is 39.3 Å². The molecule has 0 radical (unpaired) electrons. The molecule has 0 aliphatic heterocycles. The predicted molar refractivity (Wildman–Crippen MR) is 106 cm³/mol. The molecule has 5 nitrogen and oxygen atoms in total. The number of allylic oxidation sites excluding steroid dienone is 2. The second kappa shape index (κ2) is 8.31. The number of rotatable bonds is 5. The number of anilines is 1. The summed E-state index contributed by atoms with van der Waals surface area (Å²) in [5, 5.41) is 12.1. The van der Waals surface area contributed by atoms with Gasteiger partial charge in [0.15, 0.2) is 5.78 Å². The van der Waals surface area contributed by atoms with Gasteiger partial charge < -0.3 is 10.4 Å². The Labute approximate surface area is 165 Å². The molecule has 1 aliphatic carbocycles. The highest BCUT2D eigenvalue weighted by Crippen LogP contribution is 2.29. The van der Waals surface area contributed by atoms with Crippen molar-refractivity contribution in [2.75, 3.05) is 5.32 Å². The van der Waals surface area contributed by atoms with Crippen molar-refractivity contribution in [1.82, 2.24) is 0 Å². The summed E-state index contributed by atoms with van der Waals surface area (Å²) in [4.78, 5) is 37.1. The summed E-state index contributed by atoms with van der Waals surface area (Å²) in [6.45, 7) is 0. The lowest BCUT2D eigenvalue weighted by Crippen LogP contribution is -2.35. The molecule has 1 amide bonds. The van der Waals surface area contributed by atoms with E-state index in [9.17, 15) is 19.5 Å². The number of carboxylic acids is 1. The van der Waals surface area contributed by atoms with Crippen molar-refractivity contribution in [3.05, 3.63) is 76.3 Å². The Morgan fingerprint density at radius 3 is 2.30 bits per heavy atom. The average Bonchev–Trinajstić information content (AvgIpc) is 2.69. The lowest BCUT2D eigenvalue weighted by atomic mass is 9.82. The first kappa shape index (κ1) is 19.0. The predicted octanol–water partition coefficient (Wildman–Crippen LogP) is 4.29. The fraction of sp³-hybridized carbons (Fsp3) is 0.190. The van der Waals surface area contributed by atoms with E-state index in [1.54, 1.807) is 48.5 Å². The van der Waals surface area contributed by atoms with Gasteiger partial charge in [-0.25, -0.2) is 0 Å². The zero-order chi connectivity index (χ0) is 19.4. The van der Waals surface area contributed by atoms with Crippen molar-refractivity contribution in [2.45, 2.75) is 12.8 Å². The standard InChI is InChI=1S/C21H18BrNO4/c22-14-10-11-18(17(12-14)19(24)13-6-2-1-3-7-13)23-20(25)15-8-4-5-9-16(15)21(26)27/h1-7,10-12,15-16H,8-9H2,(H,23,25)(H,26,27)/t15-,16-/m1/s1. The fourth-order valence-corrected chi connectivity index (χ4v) is 3.52. The van der Waals surface area contributed by atoms with Crippen LogP contribution in [0.25, 0.3) is 0 Å². The van der Waals surface area contributed by atoms with E-state index in [-0.39, 0.29) is 5.78 Å².